The molecule has 4 N–H and O–H groups in total. The summed E-state index contributed by atoms with van der Waals surface area (Å²) in [6.07, 6.45) is 18.5. The van der Waals surface area contributed by atoms with Crippen molar-refractivity contribution in [3.05, 3.63) is 403 Å². The van der Waals surface area contributed by atoms with Gasteiger partial charge in [-0.15, -0.1) is 0 Å². The maximum atomic E-state index is 13.4. The Morgan fingerprint density at radius 3 is 1.24 bits per heavy atom. The average Bonchev–Trinajstić information content (AvgIpc) is 0.797. The molecule has 634 valence electrons. The minimum Gasteiger partial charge on any atom is -0.493 e. The highest BCUT2D eigenvalue weighted by Crippen LogP contribution is 2.39. The molecular formula is C105H105F4N3O11. The summed E-state index contributed by atoms with van der Waals surface area (Å²) in [5.74, 6) is 3.83. The molecule has 0 spiro atoms. The van der Waals surface area contributed by atoms with Crippen LogP contribution in [-0.4, -0.2) is 70.6 Å². The molecule has 0 aliphatic carbocycles. The van der Waals surface area contributed by atoms with Gasteiger partial charge in [-0.3, -0.25) is 9.79 Å². The number of halogens is 4. The van der Waals surface area contributed by atoms with Crippen LogP contribution in [0.5, 0.6) is 46.0 Å². The van der Waals surface area contributed by atoms with E-state index in [0.29, 0.717) is 62.2 Å². The van der Waals surface area contributed by atoms with Gasteiger partial charge in [-0.25, -0.2) is 22.4 Å². The molecular weight excluding hydrogens is 1560 g/mol. The first kappa shape index (κ1) is 91.7. The van der Waals surface area contributed by atoms with Crippen molar-refractivity contribution >= 4 is 41.8 Å². The number of ether oxygens (including phenoxy) is 8. The number of benzene rings is 12. The predicted molar refractivity (Wildman–Crippen MR) is 484 cm³/mol. The minimum atomic E-state index is -1.01. The fourth-order valence-corrected chi connectivity index (χ4v) is 13.5. The smallest absolute Gasteiger partial charge is 0.328 e. The lowest BCUT2D eigenvalue weighted by Gasteiger charge is -2.26. The number of methoxy groups -OCH3 is 4. The van der Waals surface area contributed by atoms with Gasteiger partial charge in [0, 0.05) is 31.1 Å². The molecule has 2 aliphatic heterocycles. The SMILES string of the molecule is COc1cc2c(cc1OCc1ccccc1)CCN=C2/C=C/c1ccc(F)cc1C.COc1cc2c(cc1OCc1ccccc1)CCNC2/C=C/c1ccc(F)cc1C.COc1ccc(CCCC(=O)/C=C/c2ccc(F)cc2C)cc1OCc1ccccc1.COc1ccc(CCN)cc1OCc1ccccc1.Cc1cc(F)ccc1/C=C/C(=O)O. The van der Waals surface area contributed by atoms with E-state index in [-0.39, 0.29) is 35.1 Å². The molecule has 0 saturated carbocycles. The highest BCUT2D eigenvalue weighted by Gasteiger charge is 2.23. The molecule has 0 bridgehead atoms. The van der Waals surface area contributed by atoms with Crippen LogP contribution >= 0.6 is 0 Å². The summed E-state index contributed by atoms with van der Waals surface area (Å²) in [4.78, 5) is 27.1. The van der Waals surface area contributed by atoms with E-state index in [4.69, 9.17) is 53.7 Å². The van der Waals surface area contributed by atoms with Gasteiger partial charge in [-0.1, -0.05) is 182 Å². The molecule has 12 aromatic rings. The van der Waals surface area contributed by atoms with Crippen molar-refractivity contribution in [3.63, 3.8) is 0 Å². The summed E-state index contributed by atoms with van der Waals surface area (Å²) in [7, 11) is 6.58. The lowest BCUT2D eigenvalue weighted by Crippen LogP contribution is -2.28. The Hall–Kier alpha value is -13.6. The maximum Gasteiger partial charge on any atom is 0.328 e. The molecule has 18 heteroatoms. The molecule has 1 unspecified atom stereocenters. The van der Waals surface area contributed by atoms with Crippen LogP contribution < -0.4 is 48.9 Å². The number of hydrogen-bond donors (Lipinski definition) is 3. The van der Waals surface area contributed by atoms with E-state index in [0.717, 1.165) is 164 Å². The number of hydrogen-bond acceptors (Lipinski definition) is 13. The number of carbonyl (C=O) groups is 2. The van der Waals surface area contributed by atoms with Gasteiger partial charge >= 0.3 is 5.97 Å². The summed E-state index contributed by atoms with van der Waals surface area (Å²) in [5.41, 5.74) is 24.7. The van der Waals surface area contributed by atoms with Crippen LogP contribution in [0, 0.1) is 51.0 Å². The van der Waals surface area contributed by atoms with E-state index in [9.17, 15) is 27.2 Å². The Morgan fingerprint density at radius 2 is 0.813 bits per heavy atom. The largest absolute Gasteiger partial charge is 0.493 e. The second-order valence-electron chi connectivity index (χ2n) is 29.2. The fourth-order valence-electron chi connectivity index (χ4n) is 13.5. The number of carboxylic acid groups (broad SMARTS) is 1. The third-order valence-electron chi connectivity index (χ3n) is 20.2. The van der Waals surface area contributed by atoms with Gasteiger partial charge < -0.3 is 54.1 Å². The number of carbonyl (C=O) groups excluding carboxylic acids is 1. The number of nitrogens with two attached hydrogens (primary N) is 1. The summed E-state index contributed by atoms with van der Waals surface area (Å²) in [6.45, 7) is 11.6. The van der Waals surface area contributed by atoms with Gasteiger partial charge in [0.2, 0.25) is 0 Å². The number of nitrogens with one attached hydrogen (secondary N) is 1. The minimum absolute atomic E-state index is 0.0535. The molecule has 0 radical (unpaired) electrons. The lowest BCUT2D eigenvalue weighted by molar-refractivity contribution is -0.131. The summed E-state index contributed by atoms with van der Waals surface area (Å²) >= 11 is 0. The van der Waals surface area contributed by atoms with E-state index in [1.165, 1.54) is 65.2 Å². The Labute approximate surface area is 719 Å². The topological polar surface area (TPSA) is 179 Å². The van der Waals surface area contributed by atoms with E-state index < -0.39 is 5.97 Å². The summed E-state index contributed by atoms with van der Waals surface area (Å²) in [5, 5.41) is 11.9. The molecule has 123 heavy (non-hydrogen) atoms. The van der Waals surface area contributed by atoms with Crippen LogP contribution in [0.2, 0.25) is 0 Å². The van der Waals surface area contributed by atoms with Crippen molar-refractivity contribution < 1.29 is 70.2 Å². The van der Waals surface area contributed by atoms with E-state index >= 15 is 0 Å². The quantitative estimate of drug-likeness (QED) is 0.0286. The van der Waals surface area contributed by atoms with Gasteiger partial charge in [0.25, 0.3) is 0 Å². The molecule has 14 rings (SSSR count). The Kier molecular flexibility index (Phi) is 35.8. The van der Waals surface area contributed by atoms with Crippen LogP contribution in [0.1, 0.15) is 119 Å². The molecule has 0 amide bonds. The van der Waals surface area contributed by atoms with Crippen molar-refractivity contribution in [1.82, 2.24) is 5.32 Å². The molecule has 0 saturated heterocycles. The van der Waals surface area contributed by atoms with Crippen molar-refractivity contribution in [3.8, 4) is 46.0 Å². The van der Waals surface area contributed by atoms with E-state index in [2.05, 4.69) is 29.6 Å². The highest BCUT2D eigenvalue weighted by molar-refractivity contribution is 6.12. The number of ketones is 1. The summed E-state index contributed by atoms with van der Waals surface area (Å²) in [6, 6.07) is 78.7. The molecule has 0 fully saturated rings. The normalized spacial score (nSPS) is 12.5. The van der Waals surface area contributed by atoms with Gasteiger partial charge in [-0.2, -0.15) is 0 Å². The number of aliphatic imine (C=N–C) groups is 1. The first-order valence-corrected chi connectivity index (χ1v) is 40.7. The Morgan fingerprint density at radius 1 is 0.415 bits per heavy atom. The van der Waals surface area contributed by atoms with Gasteiger partial charge in [0.05, 0.1) is 40.2 Å². The first-order chi connectivity index (χ1) is 59.7. The van der Waals surface area contributed by atoms with Gasteiger partial charge in [-0.05, 0) is 276 Å². The van der Waals surface area contributed by atoms with Crippen molar-refractivity contribution in [2.45, 2.75) is 98.7 Å². The zero-order chi connectivity index (χ0) is 87.2. The monoisotopic (exact) mass is 1660 g/mol. The first-order valence-electron chi connectivity index (χ1n) is 40.7. The lowest BCUT2D eigenvalue weighted by atomic mass is 9.92. The second kappa shape index (κ2) is 48.0. The zero-order valence-corrected chi connectivity index (χ0v) is 70.7. The maximum absolute atomic E-state index is 13.4. The standard InChI is InChI=1S/C27H27FO3.C26H26FNO2.C26H24FNO2.C16H19NO2.C10H9FO2/c1-20-17-24(28)14-12-23(20)13-15-25(29)10-6-9-21-11-16-26(30-2)27(18-21)31-19-22-7-4-3-5-8-22;2*1-18-14-22(27)10-8-20(18)9-11-24-23-16-25(29-2)26(15-21(23)12-13-28-24)30-17-19-6-4-3-5-7-19;1-18-15-8-7-13(9-10-17)11-16(15)19-12-14-5-3-2-4-6-14;1-7-6-9(11)4-2-8(7)3-5-10(12)13/h3-5,7-8,11-18H,6,9-10,19H2,1-2H3;3-11,14-16,24,28H,12-13,17H2,1-2H3;3-11,14-16H,12-13,17H2,1-2H3;2-8,11H,9-10,12,17H2,1H3;2-6H,1H3,(H,12,13)/b15-13+;2*11-9+;;5-3+. The zero-order valence-electron chi connectivity index (χ0n) is 70.7. The van der Waals surface area contributed by atoms with Crippen molar-refractivity contribution in [2.24, 2.45) is 10.7 Å². The number of nitrogens with zero attached hydrogens (tertiary/aromatic N) is 1. The number of rotatable bonds is 30. The van der Waals surface area contributed by atoms with Crippen LogP contribution in [0.15, 0.2) is 284 Å². The number of aryl methyl sites for hydroxylation is 5. The third-order valence-corrected chi connectivity index (χ3v) is 20.2. The number of carboxylic acids is 1. The van der Waals surface area contributed by atoms with E-state index in [1.54, 1.807) is 71.8 Å². The molecule has 12 aromatic carbocycles. The van der Waals surface area contributed by atoms with Gasteiger partial charge in [0.1, 0.15) is 49.7 Å². The predicted octanol–water partition coefficient (Wildman–Crippen LogP) is 22.7. The number of fused-ring (bicyclic) bond motifs is 2. The second-order valence-corrected chi connectivity index (χ2v) is 29.2. The number of aliphatic carboxylic acids is 1. The average molecular weight is 1660 g/mol. The highest BCUT2D eigenvalue weighted by atomic mass is 19.1. The van der Waals surface area contributed by atoms with Crippen LogP contribution in [0.25, 0.3) is 24.3 Å². The van der Waals surface area contributed by atoms with Gasteiger partial charge in [0.15, 0.2) is 51.8 Å². The Balaban J connectivity index is 0.000000165. The van der Waals surface area contributed by atoms with Crippen molar-refractivity contribution in [1.29, 1.82) is 0 Å². The summed E-state index contributed by atoms with van der Waals surface area (Å²) < 4.78 is 98.4. The fraction of sp³-hybridized carbons (Fsp3) is 0.210. The molecule has 0 aromatic heterocycles. The van der Waals surface area contributed by atoms with Crippen LogP contribution in [0.3, 0.4) is 0 Å². The van der Waals surface area contributed by atoms with Crippen LogP contribution in [-0.2, 0) is 61.7 Å². The third kappa shape index (κ3) is 29.1. The number of allylic oxidation sites excluding steroid dienone is 2. The molecule has 2 aliphatic rings. The molecule has 14 nitrogen and oxygen atoms in total. The Bertz CT molecular complexity index is 5600. The van der Waals surface area contributed by atoms with Crippen molar-refractivity contribution in [2.75, 3.05) is 48.1 Å². The molecule has 1 atom stereocenters. The van der Waals surface area contributed by atoms with E-state index in [1.807, 2.05) is 209 Å². The van der Waals surface area contributed by atoms with Crippen LogP contribution in [0.4, 0.5) is 17.6 Å². The molecule has 2 heterocycles.